The Hall–Kier alpha value is -0.570. The fourth-order valence-electron chi connectivity index (χ4n) is 0.651. The van der Waals surface area contributed by atoms with Gasteiger partial charge in [-0.05, 0) is 18.3 Å². The molecule has 0 bridgehead atoms. The van der Waals surface area contributed by atoms with Gasteiger partial charge in [0.2, 0.25) is 0 Å². The van der Waals surface area contributed by atoms with E-state index in [0.29, 0.717) is 6.61 Å². The number of carbonyl (C=O) groups excluding carboxylic acids is 1. The summed E-state index contributed by atoms with van der Waals surface area (Å²) in [4.78, 5) is 20.4. The molecule has 1 aliphatic rings. The fourth-order valence-corrected chi connectivity index (χ4v) is 0.651. The number of hydrogen-bond acceptors (Lipinski definition) is 3. The lowest BCUT2D eigenvalue weighted by Gasteiger charge is -2.16. The van der Waals surface area contributed by atoms with Gasteiger partial charge in [0.15, 0.2) is 0 Å². The molecule has 1 rings (SSSR count). The maximum Gasteiger partial charge on any atom is 0.345 e. The van der Waals surface area contributed by atoms with Gasteiger partial charge >= 0.3 is 5.97 Å². The van der Waals surface area contributed by atoms with Crippen LogP contribution in [-0.4, -0.2) is 12.6 Å². The van der Waals surface area contributed by atoms with Crippen molar-refractivity contribution in [2.75, 3.05) is 6.61 Å². The molecular formula is C9H16O3. The van der Waals surface area contributed by atoms with Crippen molar-refractivity contribution in [1.82, 2.24) is 0 Å². The fraction of sp³-hybridized carbons (Fsp3) is 0.889. The molecule has 0 aliphatic heterocycles. The molecule has 0 N–H and O–H groups in total. The third-order valence-corrected chi connectivity index (χ3v) is 1.54. The second-order valence-corrected chi connectivity index (χ2v) is 4.50. The van der Waals surface area contributed by atoms with E-state index >= 15 is 0 Å². The number of hydrogen-bond donors (Lipinski definition) is 0. The van der Waals surface area contributed by atoms with E-state index < -0.39 is 0 Å². The predicted octanol–water partition coefficient (Wildman–Crippen LogP) is 1.92. The highest BCUT2D eigenvalue weighted by atomic mass is 17.2. The van der Waals surface area contributed by atoms with Crippen LogP contribution >= 0.6 is 0 Å². The van der Waals surface area contributed by atoms with Gasteiger partial charge in [0.25, 0.3) is 0 Å². The molecule has 1 fully saturated rings. The van der Waals surface area contributed by atoms with Crippen molar-refractivity contribution < 1.29 is 14.6 Å². The zero-order valence-electron chi connectivity index (χ0n) is 7.92. The molecule has 0 aromatic rings. The first-order chi connectivity index (χ1) is 5.49. The highest BCUT2D eigenvalue weighted by molar-refractivity contribution is 5.74. The predicted molar refractivity (Wildman–Crippen MR) is 44.2 cm³/mol. The van der Waals surface area contributed by atoms with Crippen molar-refractivity contribution in [3.8, 4) is 0 Å². The van der Waals surface area contributed by atoms with Crippen LogP contribution in [0.15, 0.2) is 0 Å². The first-order valence-electron chi connectivity index (χ1n) is 4.32. The summed E-state index contributed by atoms with van der Waals surface area (Å²) in [7, 11) is 0. The van der Waals surface area contributed by atoms with Crippen molar-refractivity contribution >= 4 is 5.97 Å². The molecule has 0 saturated heterocycles. The van der Waals surface area contributed by atoms with Crippen LogP contribution in [0.5, 0.6) is 0 Å². The van der Waals surface area contributed by atoms with Crippen LogP contribution < -0.4 is 0 Å². The first-order valence-corrected chi connectivity index (χ1v) is 4.32. The Kier molecular flexibility index (Phi) is 2.73. The zero-order valence-corrected chi connectivity index (χ0v) is 7.92. The summed E-state index contributed by atoms with van der Waals surface area (Å²) in [5.74, 6) is -0.0933. The number of carbonyl (C=O) groups is 1. The molecule has 0 spiro atoms. The summed E-state index contributed by atoms with van der Waals surface area (Å²) in [5.41, 5.74) is 0.0455. The lowest BCUT2D eigenvalue weighted by atomic mass is 9.99. The molecule has 0 unspecified atom stereocenters. The van der Waals surface area contributed by atoms with Crippen molar-refractivity contribution in [1.29, 1.82) is 0 Å². The molecule has 70 valence electrons. The van der Waals surface area contributed by atoms with Gasteiger partial charge in [-0.1, -0.05) is 20.8 Å². The minimum Gasteiger partial charge on any atom is -0.298 e. The maximum absolute atomic E-state index is 10.9. The standard InChI is InChI=1S/C9H16O3/c1-9(2,3)6-11-12-8(10)7-4-5-7/h7H,4-6H2,1-3H3. The Morgan fingerprint density at radius 3 is 2.42 bits per heavy atom. The van der Waals surface area contributed by atoms with E-state index in [4.69, 9.17) is 4.89 Å². The monoisotopic (exact) mass is 172 g/mol. The molecule has 0 heterocycles. The molecule has 0 atom stereocenters. The van der Waals surface area contributed by atoms with Crippen LogP contribution in [0.4, 0.5) is 0 Å². The van der Waals surface area contributed by atoms with E-state index in [1.54, 1.807) is 0 Å². The smallest absolute Gasteiger partial charge is 0.298 e. The van der Waals surface area contributed by atoms with Gasteiger partial charge < -0.3 is 0 Å². The summed E-state index contributed by atoms with van der Waals surface area (Å²) < 4.78 is 0. The van der Waals surface area contributed by atoms with Crippen LogP contribution in [0.3, 0.4) is 0 Å². The van der Waals surface area contributed by atoms with E-state index in [9.17, 15) is 4.79 Å². The third kappa shape index (κ3) is 3.72. The van der Waals surface area contributed by atoms with Crippen molar-refractivity contribution in [2.24, 2.45) is 11.3 Å². The minimum absolute atomic E-state index is 0.0455. The lowest BCUT2D eigenvalue weighted by molar-refractivity contribution is -0.284. The highest BCUT2D eigenvalue weighted by Crippen LogP contribution is 2.30. The number of rotatable bonds is 3. The average Bonchev–Trinajstić information content (AvgIpc) is 2.64. The second-order valence-electron chi connectivity index (χ2n) is 4.50. The molecule has 1 aliphatic carbocycles. The Morgan fingerprint density at radius 2 is 2.00 bits per heavy atom. The Bertz CT molecular complexity index is 165. The largest absolute Gasteiger partial charge is 0.345 e. The van der Waals surface area contributed by atoms with E-state index in [1.807, 2.05) is 20.8 Å². The molecule has 0 amide bonds. The Labute approximate surface area is 73.0 Å². The third-order valence-electron chi connectivity index (χ3n) is 1.54. The van der Waals surface area contributed by atoms with Crippen molar-refractivity contribution in [3.05, 3.63) is 0 Å². The van der Waals surface area contributed by atoms with Crippen LogP contribution in [0.25, 0.3) is 0 Å². The zero-order chi connectivity index (χ0) is 9.19. The summed E-state index contributed by atoms with van der Waals surface area (Å²) in [5, 5.41) is 0. The van der Waals surface area contributed by atoms with E-state index in [2.05, 4.69) is 4.89 Å². The summed E-state index contributed by atoms with van der Waals surface area (Å²) in [6.07, 6.45) is 1.91. The van der Waals surface area contributed by atoms with Gasteiger partial charge in [-0.3, -0.25) is 4.89 Å². The summed E-state index contributed by atoms with van der Waals surface area (Å²) >= 11 is 0. The molecule has 0 radical (unpaired) electrons. The summed E-state index contributed by atoms with van der Waals surface area (Å²) in [6, 6.07) is 0. The van der Waals surface area contributed by atoms with Gasteiger partial charge in [0.05, 0.1) is 12.5 Å². The van der Waals surface area contributed by atoms with Crippen molar-refractivity contribution in [2.45, 2.75) is 33.6 Å². The average molecular weight is 172 g/mol. The molecular weight excluding hydrogens is 156 g/mol. The van der Waals surface area contributed by atoms with Crippen LogP contribution in [0.2, 0.25) is 0 Å². The van der Waals surface area contributed by atoms with Gasteiger partial charge in [-0.25, -0.2) is 4.79 Å². The molecule has 12 heavy (non-hydrogen) atoms. The molecule has 3 nitrogen and oxygen atoms in total. The van der Waals surface area contributed by atoms with Gasteiger partial charge in [0, 0.05) is 0 Å². The lowest BCUT2D eigenvalue weighted by Crippen LogP contribution is -2.17. The van der Waals surface area contributed by atoms with Crippen LogP contribution in [0, 0.1) is 11.3 Å². The van der Waals surface area contributed by atoms with Crippen LogP contribution in [0.1, 0.15) is 33.6 Å². The van der Waals surface area contributed by atoms with E-state index in [1.165, 1.54) is 0 Å². The molecule has 0 aromatic heterocycles. The minimum atomic E-state index is -0.209. The second kappa shape index (κ2) is 3.44. The summed E-state index contributed by atoms with van der Waals surface area (Å²) in [6.45, 7) is 6.53. The van der Waals surface area contributed by atoms with Gasteiger partial charge in [0.1, 0.15) is 0 Å². The quantitative estimate of drug-likeness (QED) is 0.482. The van der Waals surface area contributed by atoms with Gasteiger partial charge in [-0.15, -0.1) is 0 Å². The van der Waals surface area contributed by atoms with Crippen molar-refractivity contribution in [3.63, 3.8) is 0 Å². The highest BCUT2D eigenvalue weighted by Gasteiger charge is 2.32. The topological polar surface area (TPSA) is 35.5 Å². The molecule has 3 heteroatoms. The molecule has 0 aromatic carbocycles. The Balaban J connectivity index is 2.05. The normalized spacial score (nSPS) is 17.6. The molecule has 1 saturated carbocycles. The maximum atomic E-state index is 10.9. The van der Waals surface area contributed by atoms with E-state index in [-0.39, 0.29) is 17.3 Å². The van der Waals surface area contributed by atoms with Crippen LogP contribution in [-0.2, 0) is 14.6 Å². The Morgan fingerprint density at radius 1 is 1.42 bits per heavy atom. The first kappa shape index (κ1) is 9.52. The van der Waals surface area contributed by atoms with E-state index in [0.717, 1.165) is 12.8 Å². The SMILES string of the molecule is CC(C)(C)COOC(=O)C1CC1. The van der Waals surface area contributed by atoms with Gasteiger partial charge in [-0.2, -0.15) is 4.89 Å².